The predicted octanol–water partition coefficient (Wildman–Crippen LogP) is 3.66. The number of hydroxylamine groups is 1. The summed E-state index contributed by atoms with van der Waals surface area (Å²) in [7, 11) is 0. The molecular formula is C12H13BrINO2. The monoisotopic (exact) mass is 409 g/mol. The van der Waals surface area contributed by atoms with E-state index in [2.05, 4.69) is 44.0 Å². The van der Waals surface area contributed by atoms with Crippen LogP contribution in [-0.2, 0) is 4.84 Å². The first kappa shape index (κ1) is 13.3. The number of carbonyl (C=O) groups is 1. The van der Waals surface area contributed by atoms with Crippen molar-refractivity contribution < 1.29 is 9.63 Å². The predicted molar refractivity (Wildman–Crippen MR) is 77.7 cm³/mol. The van der Waals surface area contributed by atoms with E-state index in [-0.39, 0.29) is 12.0 Å². The fraction of sp³-hybridized carbons (Fsp3) is 0.417. The minimum atomic E-state index is -0.178. The Kier molecular flexibility index (Phi) is 4.81. The molecule has 0 heterocycles. The second-order valence-corrected chi connectivity index (χ2v) is 6.16. The van der Waals surface area contributed by atoms with E-state index in [9.17, 15) is 4.79 Å². The molecule has 0 aromatic heterocycles. The van der Waals surface area contributed by atoms with Gasteiger partial charge in [-0.3, -0.25) is 9.63 Å². The SMILES string of the molecule is O=C(NOC1CCCC1)c1cc(Br)ccc1I. The molecule has 0 spiro atoms. The molecule has 0 saturated heterocycles. The fourth-order valence-electron chi connectivity index (χ4n) is 1.87. The minimum absolute atomic E-state index is 0.178. The first-order valence-electron chi connectivity index (χ1n) is 5.58. The van der Waals surface area contributed by atoms with Gasteiger partial charge in [0.15, 0.2) is 0 Å². The number of hydrogen-bond donors (Lipinski definition) is 1. The molecule has 1 aromatic rings. The van der Waals surface area contributed by atoms with Crippen LogP contribution in [0.4, 0.5) is 0 Å². The van der Waals surface area contributed by atoms with E-state index in [1.54, 1.807) is 6.07 Å². The molecule has 1 saturated carbocycles. The van der Waals surface area contributed by atoms with Crippen LogP contribution in [0, 0.1) is 3.57 Å². The van der Waals surface area contributed by atoms with Gasteiger partial charge in [0.05, 0.1) is 11.7 Å². The Hall–Kier alpha value is -0.140. The van der Waals surface area contributed by atoms with Crippen LogP contribution in [-0.4, -0.2) is 12.0 Å². The Balaban J connectivity index is 1.96. The van der Waals surface area contributed by atoms with Crippen molar-refractivity contribution in [1.82, 2.24) is 5.48 Å². The molecule has 3 nitrogen and oxygen atoms in total. The molecule has 1 aliphatic carbocycles. The highest BCUT2D eigenvalue weighted by molar-refractivity contribution is 14.1. The molecule has 17 heavy (non-hydrogen) atoms. The van der Waals surface area contributed by atoms with E-state index in [0.717, 1.165) is 20.9 Å². The zero-order valence-corrected chi connectivity index (χ0v) is 13.0. The van der Waals surface area contributed by atoms with Crippen LogP contribution >= 0.6 is 38.5 Å². The van der Waals surface area contributed by atoms with E-state index in [4.69, 9.17) is 4.84 Å². The van der Waals surface area contributed by atoms with E-state index >= 15 is 0 Å². The van der Waals surface area contributed by atoms with Gasteiger partial charge in [-0.1, -0.05) is 28.8 Å². The van der Waals surface area contributed by atoms with Gasteiger partial charge in [-0.2, -0.15) is 0 Å². The van der Waals surface area contributed by atoms with Crippen LogP contribution in [0.25, 0.3) is 0 Å². The van der Waals surface area contributed by atoms with E-state index in [1.807, 2.05) is 12.1 Å². The average Bonchev–Trinajstić information content (AvgIpc) is 2.82. The molecule has 1 aliphatic rings. The van der Waals surface area contributed by atoms with Crippen LogP contribution in [0.1, 0.15) is 36.0 Å². The maximum Gasteiger partial charge on any atom is 0.275 e. The lowest BCUT2D eigenvalue weighted by Crippen LogP contribution is -2.28. The summed E-state index contributed by atoms with van der Waals surface area (Å²) in [4.78, 5) is 17.3. The van der Waals surface area contributed by atoms with Gasteiger partial charge >= 0.3 is 0 Å². The first-order valence-corrected chi connectivity index (χ1v) is 7.45. The van der Waals surface area contributed by atoms with Gasteiger partial charge in [0.1, 0.15) is 0 Å². The van der Waals surface area contributed by atoms with Crippen LogP contribution in [0.5, 0.6) is 0 Å². The molecule has 1 amide bonds. The lowest BCUT2D eigenvalue weighted by Gasteiger charge is -2.12. The molecule has 0 bridgehead atoms. The molecule has 1 fully saturated rings. The summed E-state index contributed by atoms with van der Waals surface area (Å²) in [5.41, 5.74) is 3.18. The van der Waals surface area contributed by atoms with Crippen LogP contribution < -0.4 is 5.48 Å². The lowest BCUT2D eigenvalue weighted by molar-refractivity contribution is -0.0125. The molecule has 0 unspecified atom stereocenters. The molecule has 5 heteroatoms. The van der Waals surface area contributed by atoms with Crippen LogP contribution in [0.2, 0.25) is 0 Å². The van der Waals surface area contributed by atoms with Crippen molar-refractivity contribution in [3.8, 4) is 0 Å². The Labute approximate surface area is 123 Å². The smallest absolute Gasteiger partial charge is 0.270 e. The van der Waals surface area contributed by atoms with Gasteiger partial charge in [-0.05, 0) is 53.6 Å². The van der Waals surface area contributed by atoms with E-state index < -0.39 is 0 Å². The van der Waals surface area contributed by atoms with Gasteiger partial charge in [0.25, 0.3) is 5.91 Å². The van der Waals surface area contributed by atoms with Gasteiger partial charge in [-0.25, -0.2) is 5.48 Å². The van der Waals surface area contributed by atoms with E-state index in [0.29, 0.717) is 5.56 Å². The summed E-state index contributed by atoms with van der Waals surface area (Å²) in [6, 6.07) is 5.61. The first-order chi connectivity index (χ1) is 8.16. The summed E-state index contributed by atoms with van der Waals surface area (Å²) in [6.07, 6.45) is 4.64. The van der Waals surface area contributed by atoms with Crippen molar-refractivity contribution in [2.24, 2.45) is 0 Å². The molecule has 1 N–H and O–H groups in total. The van der Waals surface area contributed by atoms with Gasteiger partial charge in [-0.15, -0.1) is 0 Å². The van der Waals surface area contributed by atoms with Gasteiger partial charge in [0, 0.05) is 8.04 Å². The number of amides is 1. The summed E-state index contributed by atoms with van der Waals surface area (Å²) >= 11 is 5.50. The number of carbonyl (C=O) groups excluding carboxylic acids is 1. The summed E-state index contributed by atoms with van der Waals surface area (Å²) in [5.74, 6) is -0.178. The highest BCUT2D eigenvalue weighted by atomic mass is 127. The van der Waals surface area contributed by atoms with Crippen molar-refractivity contribution in [3.05, 3.63) is 31.8 Å². The second-order valence-electron chi connectivity index (χ2n) is 4.08. The van der Waals surface area contributed by atoms with Crippen LogP contribution in [0.15, 0.2) is 22.7 Å². The number of hydrogen-bond acceptors (Lipinski definition) is 2. The quantitative estimate of drug-likeness (QED) is 0.611. The molecule has 0 radical (unpaired) electrons. The topological polar surface area (TPSA) is 38.3 Å². The minimum Gasteiger partial charge on any atom is -0.270 e. The standard InChI is InChI=1S/C12H13BrINO2/c13-8-5-6-11(14)10(7-8)12(16)15-17-9-3-1-2-4-9/h5-7,9H,1-4H2,(H,15,16). The maximum absolute atomic E-state index is 11.9. The van der Waals surface area contributed by atoms with Crippen molar-refractivity contribution in [2.45, 2.75) is 31.8 Å². The number of benzene rings is 1. The Bertz CT molecular complexity index is 419. The van der Waals surface area contributed by atoms with E-state index in [1.165, 1.54) is 12.8 Å². The number of nitrogens with one attached hydrogen (secondary N) is 1. The largest absolute Gasteiger partial charge is 0.275 e. The molecular weight excluding hydrogens is 397 g/mol. The highest BCUT2D eigenvalue weighted by Gasteiger charge is 2.18. The van der Waals surface area contributed by atoms with Crippen molar-refractivity contribution in [1.29, 1.82) is 0 Å². The van der Waals surface area contributed by atoms with Crippen molar-refractivity contribution in [3.63, 3.8) is 0 Å². The van der Waals surface area contributed by atoms with Gasteiger partial charge in [0.2, 0.25) is 0 Å². The second kappa shape index (κ2) is 6.15. The summed E-state index contributed by atoms with van der Waals surface area (Å²) in [5, 5.41) is 0. The van der Waals surface area contributed by atoms with Crippen LogP contribution in [0.3, 0.4) is 0 Å². The Morgan fingerprint density at radius 2 is 2.12 bits per heavy atom. The zero-order chi connectivity index (χ0) is 12.3. The third-order valence-electron chi connectivity index (χ3n) is 2.79. The normalized spacial score (nSPS) is 16.1. The third kappa shape index (κ3) is 3.66. The third-order valence-corrected chi connectivity index (χ3v) is 4.23. The molecule has 0 aliphatic heterocycles. The number of rotatable bonds is 3. The van der Waals surface area contributed by atoms with Crippen molar-refractivity contribution >= 4 is 44.4 Å². The van der Waals surface area contributed by atoms with Crippen molar-refractivity contribution in [2.75, 3.05) is 0 Å². The molecule has 92 valence electrons. The Morgan fingerprint density at radius 1 is 1.41 bits per heavy atom. The zero-order valence-electron chi connectivity index (χ0n) is 9.21. The fourth-order valence-corrected chi connectivity index (χ4v) is 2.81. The summed E-state index contributed by atoms with van der Waals surface area (Å²) < 4.78 is 1.81. The van der Waals surface area contributed by atoms with Gasteiger partial charge < -0.3 is 0 Å². The average molecular weight is 410 g/mol. The lowest BCUT2D eigenvalue weighted by atomic mass is 10.2. The number of halogens is 2. The molecule has 0 atom stereocenters. The molecule has 1 aromatic carbocycles. The highest BCUT2D eigenvalue weighted by Crippen LogP contribution is 2.21. The maximum atomic E-state index is 11.9. The molecule has 2 rings (SSSR count). The summed E-state index contributed by atoms with van der Waals surface area (Å²) in [6.45, 7) is 0. The Morgan fingerprint density at radius 3 is 2.82 bits per heavy atom.